The zero-order valence-corrected chi connectivity index (χ0v) is 12.7. The van der Waals surface area contributed by atoms with Gasteiger partial charge in [-0.3, -0.25) is 0 Å². The highest BCUT2D eigenvalue weighted by molar-refractivity contribution is 8.01. The normalized spacial score (nSPS) is 12.7. The molecule has 108 valence electrons. The summed E-state index contributed by atoms with van der Waals surface area (Å²) in [5.41, 5.74) is 5.30. The fourth-order valence-corrected chi connectivity index (χ4v) is 3.70. The number of thioether (sulfide) groups is 1. The summed E-state index contributed by atoms with van der Waals surface area (Å²) in [5, 5.41) is 0. The Kier molecular flexibility index (Phi) is 4.84. The third-order valence-corrected chi connectivity index (χ3v) is 6.51. The zero-order valence-electron chi connectivity index (χ0n) is 11.0. The van der Waals surface area contributed by atoms with Crippen LogP contribution < -0.4 is 5.73 Å². The van der Waals surface area contributed by atoms with Crippen molar-refractivity contribution in [3.8, 4) is 0 Å². The maximum absolute atomic E-state index is 13.5. The van der Waals surface area contributed by atoms with Gasteiger partial charge >= 0.3 is 0 Å². The molecule has 0 radical (unpaired) electrons. The zero-order chi connectivity index (χ0) is 14.8. The lowest BCUT2D eigenvalue weighted by molar-refractivity contribution is 0.541. The number of nitrogen functional groups attached to an aromatic ring is 1. The molecule has 1 rings (SSSR count). The van der Waals surface area contributed by atoms with Crippen LogP contribution >= 0.6 is 11.8 Å². The third kappa shape index (κ3) is 4.07. The highest BCUT2D eigenvalue weighted by Gasteiger charge is 2.28. The summed E-state index contributed by atoms with van der Waals surface area (Å²) in [6.45, 7) is 4.78. The molecule has 0 fully saturated rings. The van der Waals surface area contributed by atoms with E-state index in [1.807, 2.05) is 0 Å². The van der Waals surface area contributed by atoms with Crippen molar-refractivity contribution in [1.82, 2.24) is 0 Å². The quantitative estimate of drug-likeness (QED) is 0.686. The average Bonchev–Trinajstić information content (AvgIpc) is 2.20. The smallest absolute Gasteiger partial charge is 0.156 e. The third-order valence-electron chi connectivity index (χ3n) is 2.55. The minimum Gasteiger partial charge on any atom is -0.399 e. The monoisotopic (exact) mass is 309 g/mol. The molecule has 0 heterocycles. The van der Waals surface area contributed by atoms with E-state index in [0.29, 0.717) is 0 Å². The summed E-state index contributed by atoms with van der Waals surface area (Å²) in [6.07, 6.45) is 0. The molecule has 2 N–H and O–H groups in total. The van der Waals surface area contributed by atoms with Gasteiger partial charge in [0.1, 0.15) is 11.6 Å². The molecule has 1 aromatic carbocycles. The van der Waals surface area contributed by atoms with Gasteiger partial charge in [0.2, 0.25) is 0 Å². The number of hydrogen-bond acceptors (Lipinski definition) is 4. The van der Waals surface area contributed by atoms with Crippen LogP contribution in [0.2, 0.25) is 0 Å². The number of sulfone groups is 1. The lowest BCUT2D eigenvalue weighted by Gasteiger charge is -2.18. The van der Waals surface area contributed by atoms with Crippen LogP contribution in [0.15, 0.2) is 17.0 Å². The van der Waals surface area contributed by atoms with Crippen LogP contribution in [-0.4, -0.2) is 24.7 Å². The Morgan fingerprint density at radius 2 is 1.68 bits per heavy atom. The summed E-state index contributed by atoms with van der Waals surface area (Å²) in [7, 11) is -3.29. The molecule has 3 nitrogen and oxygen atoms in total. The topological polar surface area (TPSA) is 60.2 Å². The minimum atomic E-state index is -3.29. The molecule has 0 aliphatic heterocycles. The number of hydrogen-bond donors (Lipinski definition) is 1. The molecule has 0 spiro atoms. The fraction of sp³-hybridized carbons (Fsp3) is 0.500. The molecule has 0 saturated heterocycles. The molecule has 7 heteroatoms. The van der Waals surface area contributed by atoms with Crippen LogP contribution in [-0.2, 0) is 9.84 Å². The first-order valence-electron chi connectivity index (χ1n) is 5.64. The molecule has 0 amide bonds. The van der Waals surface area contributed by atoms with Crippen molar-refractivity contribution < 1.29 is 17.2 Å². The summed E-state index contributed by atoms with van der Waals surface area (Å²) in [6, 6.07) is 2.04. The van der Waals surface area contributed by atoms with E-state index < -0.39 is 26.2 Å². The number of halogens is 2. The van der Waals surface area contributed by atoms with E-state index in [2.05, 4.69) is 0 Å². The first kappa shape index (κ1) is 16.2. The van der Waals surface area contributed by atoms with Crippen molar-refractivity contribution in [2.45, 2.75) is 30.4 Å². The molecule has 0 aromatic heterocycles. The lowest BCUT2D eigenvalue weighted by Crippen LogP contribution is -2.31. The van der Waals surface area contributed by atoms with Crippen molar-refractivity contribution >= 4 is 27.3 Å². The second-order valence-electron chi connectivity index (χ2n) is 5.09. The molecule has 0 aliphatic carbocycles. The summed E-state index contributed by atoms with van der Waals surface area (Å²) in [4.78, 5) is -0.196. The van der Waals surface area contributed by atoms with Gasteiger partial charge < -0.3 is 5.73 Å². The van der Waals surface area contributed by atoms with Gasteiger partial charge in [-0.05, 0) is 32.9 Å². The highest BCUT2D eigenvalue weighted by atomic mass is 32.2. The summed E-state index contributed by atoms with van der Waals surface area (Å²) >= 11 is 0.841. The van der Waals surface area contributed by atoms with Crippen molar-refractivity contribution in [2.75, 3.05) is 17.2 Å². The van der Waals surface area contributed by atoms with Gasteiger partial charge in [0.05, 0.1) is 15.4 Å². The highest BCUT2D eigenvalue weighted by Crippen LogP contribution is 2.28. The van der Waals surface area contributed by atoms with Gasteiger partial charge in [-0.15, -0.1) is 11.8 Å². The first-order valence-corrected chi connectivity index (χ1v) is 8.28. The first-order chi connectivity index (χ1) is 8.54. The Balaban J connectivity index is 2.75. The Morgan fingerprint density at radius 3 is 2.11 bits per heavy atom. The van der Waals surface area contributed by atoms with E-state index in [1.54, 1.807) is 20.8 Å². The molecule has 19 heavy (non-hydrogen) atoms. The van der Waals surface area contributed by atoms with Crippen LogP contribution in [0.4, 0.5) is 14.5 Å². The molecule has 0 unspecified atom stereocenters. The maximum Gasteiger partial charge on any atom is 0.156 e. The van der Waals surface area contributed by atoms with Crippen LogP contribution in [0.3, 0.4) is 0 Å². The minimum absolute atomic E-state index is 0.00154. The van der Waals surface area contributed by atoms with Crippen molar-refractivity contribution in [3.05, 3.63) is 23.8 Å². The molecule has 1 aromatic rings. The maximum atomic E-state index is 13.5. The van der Waals surface area contributed by atoms with Crippen molar-refractivity contribution in [2.24, 2.45) is 0 Å². The Hall–Kier alpha value is -0.820. The Bertz CT molecular complexity index is 543. The van der Waals surface area contributed by atoms with E-state index in [-0.39, 0.29) is 22.1 Å². The largest absolute Gasteiger partial charge is 0.399 e. The molecule has 0 saturated carbocycles. The van der Waals surface area contributed by atoms with Crippen molar-refractivity contribution in [1.29, 1.82) is 0 Å². The molecule has 0 aliphatic rings. The van der Waals surface area contributed by atoms with Crippen LogP contribution in [0.5, 0.6) is 0 Å². The van der Waals surface area contributed by atoms with Gasteiger partial charge in [-0.1, -0.05) is 0 Å². The lowest BCUT2D eigenvalue weighted by atomic mass is 10.3. The summed E-state index contributed by atoms with van der Waals surface area (Å²) in [5.74, 6) is -1.58. The fourth-order valence-electron chi connectivity index (χ4n) is 1.28. The van der Waals surface area contributed by atoms with E-state index in [4.69, 9.17) is 5.73 Å². The van der Waals surface area contributed by atoms with E-state index in [0.717, 1.165) is 23.9 Å². The van der Waals surface area contributed by atoms with Gasteiger partial charge in [0.25, 0.3) is 0 Å². The predicted molar refractivity (Wildman–Crippen MR) is 75.0 cm³/mol. The number of nitrogens with two attached hydrogens (primary N) is 1. The van der Waals surface area contributed by atoms with Crippen LogP contribution in [0, 0.1) is 11.6 Å². The second kappa shape index (κ2) is 5.66. The van der Waals surface area contributed by atoms with E-state index >= 15 is 0 Å². The molecule has 0 atom stereocenters. The van der Waals surface area contributed by atoms with Gasteiger partial charge in [-0.2, -0.15) is 0 Å². The van der Waals surface area contributed by atoms with E-state index in [9.17, 15) is 17.2 Å². The number of benzene rings is 1. The molecule has 0 bridgehead atoms. The summed E-state index contributed by atoms with van der Waals surface area (Å²) < 4.78 is 49.8. The molecular formula is C12H17F2NO2S2. The Morgan fingerprint density at radius 1 is 1.21 bits per heavy atom. The second-order valence-corrected chi connectivity index (χ2v) is 9.06. The number of rotatable bonds is 4. The molecular weight excluding hydrogens is 292 g/mol. The Labute approximate surface area is 116 Å². The predicted octanol–water partition coefficient (Wildman–Crippen LogP) is 2.85. The number of anilines is 1. The van der Waals surface area contributed by atoms with E-state index in [1.165, 1.54) is 0 Å². The van der Waals surface area contributed by atoms with Crippen molar-refractivity contribution in [3.63, 3.8) is 0 Å². The van der Waals surface area contributed by atoms with Gasteiger partial charge in [0.15, 0.2) is 9.84 Å². The van der Waals surface area contributed by atoms with Crippen LogP contribution in [0.1, 0.15) is 20.8 Å². The van der Waals surface area contributed by atoms with Gasteiger partial charge in [0, 0.05) is 11.4 Å². The van der Waals surface area contributed by atoms with Crippen LogP contribution in [0.25, 0.3) is 0 Å². The standard InChI is InChI=1S/C12H17F2NO2S2/c1-12(2,3)19(16,17)5-4-18-11-9(13)6-8(15)7-10(11)14/h6-7H,4-5,15H2,1-3H3. The average molecular weight is 309 g/mol. The van der Waals surface area contributed by atoms with Gasteiger partial charge in [-0.25, -0.2) is 17.2 Å². The SMILES string of the molecule is CC(C)(C)S(=O)(=O)CCSc1c(F)cc(N)cc1F.